The Kier molecular flexibility index (Phi) is 5.23. The fourth-order valence-corrected chi connectivity index (χ4v) is 2.53. The van der Waals surface area contributed by atoms with Crippen molar-refractivity contribution in [3.8, 4) is 0 Å². The van der Waals surface area contributed by atoms with Crippen molar-refractivity contribution >= 4 is 5.69 Å². The molecule has 3 nitrogen and oxygen atoms in total. The highest BCUT2D eigenvalue weighted by molar-refractivity contribution is 5.56. The number of rotatable bonds is 6. The average Bonchev–Trinajstić information content (AvgIpc) is 2.37. The van der Waals surface area contributed by atoms with E-state index in [9.17, 15) is 0 Å². The van der Waals surface area contributed by atoms with Gasteiger partial charge in [0.2, 0.25) is 0 Å². The van der Waals surface area contributed by atoms with Crippen molar-refractivity contribution in [2.75, 3.05) is 31.2 Å². The minimum Gasteiger partial charge on any atom is -0.380 e. The smallest absolute Gasteiger partial charge is 0.0641 e. The maximum absolute atomic E-state index is 6.13. The Morgan fingerprint density at radius 2 is 2.11 bits per heavy atom. The van der Waals surface area contributed by atoms with Crippen LogP contribution in [0.4, 0.5) is 5.69 Å². The fraction of sp³-hybridized carbons (Fsp3) is 0.625. The first-order chi connectivity index (χ1) is 9.16. The summed E-state index contributed by atoms with van der Waals surface area (Å²) in [5.41, 5.74) is 8.82. The van der Waals surface area contributed by atoms with Gasteiger partial charge >= 0.3 is 0 Å². The number of fused-ring (bicyclic) bond motifs is 1. The number of ether oxygens (including phenoxy) is 1. The Balaban J connectivity index is 1.83. The summed E-state index contributed by atoms with van der Waals surface area (Å²) in [6, 6.07) is 8.80. The molecular weight excluding hydrogens is 236 g/mol. The minimum atomic E-state index is 0.241. The third kappa shape index (κ3) is 4.22. The SMILES string of the molecule is CC(C)CCOCCN1CC(N)Cc2ccccc21. The molecule has 1 aromatic rings. The Hall–Kier alpha value is -1.06. The van der Waals surface area contributed by atoms with E-state index in [1.165, 1.54) is 11.3 Å². The van der Waals surface area contributed by atoms with Gasteiger partial charge in [-0.15, -0.1) is 0 Å². The van der Waals surface area contributed by atoms with Crippen molar-refractivity contribution in [2.45, 2.75) is 32.7 Å². The number of anilines is 1. The molecule has 0 fully saturated rings. The van der Waals surface area contributed by atoms with Crippen LogP contribution < -0.4 is 10.6 Å². The van der Waals surface area contributed by atoms with Crippen LogP contribution in [0.3, 0.4) is 0 Å². The number of hydrogen-bond donors (Lipinski definition) is 1. The van der Waals surface area contributed by atoms with Crippen molar-refractivity contribution in [2.24, 2.45) is 11.7 Å². The topological polar surface area (TPSA) is 38.5 Å². The van der Waals surface area contributed by atoms with Gasteiger partial charge in [-0.3, -0.25) is 0 Å². The molecule has 1 heterocycles. The van der Waals surface area contributed by atoms with Crippen molar-refractivity contribution in [1.29, 1.82) is 0 Å². The van der Waals surface area contributed by atoms with Crippen LogP contribution in [0.2, 0.25) is 0 Å². The molecule has 2 rings (SSSR count). The summed E-state index contributed by atoms with van der Waals surface area (Å²) < 4.78 is 5.71. The van der Waals surface area contributed by atoms with Gasteiger partial charge in [-0.05, 0) is 30.4 Å². The largest absolute Gasteiger partial charge is 0.380 e. The second kappa shape index (κ2) is 6.92. The maximum Gasteiger partial charge on any atom is 0.0641 e. The van der Waals surface area contributed by atoms with Crippen LogP contribution >= 0.6 is 0 Å². The first kappa shape index (κ1) is 14.4. The highest BCUT2D eigenvalue weighted by Gasteiger charge is 2.20. The van der Waals surface area contributed by atoms with Crippen LogP contribution in [0.5, 0.6) is 0 Å². The number of nitrogens with two attached hydrogens (primary N) is 1. The number of para-hydroxylation sites is 1. The molecule has 19 heavy (non-hydrogen) atoms. The molecule has 0 amide bonds. The van der Waals surface area contributed by atoms with Gasteiger partial charge in [0, 0.05) is 31.4 Å². The standard InChI is InChI=1S/C16H26N2O/c1-13(2)7-9-19-10-8-18-12-15(17)11-14-5-3-4-6-16(14)18/h3-6,13,15H,7-12,17H2,1-2H3. The molecule has 1 aliphatic heterocycles. The summed E-state index contributed by atoms with van der Waals surface area (Å²) in [6.07, 6.45) is 2.12. The van der Waals surface area contributed by atoms with Gasteiger partial charge in [-0.25, -0.2) is 0 Å². The van der Waals surface area contributed by atoms with Crippen molar-refractivity contribution in [3.63, 3.8) is 0 Å². The third-order valence-electron chi connectivity index (χ3n) is 3.61. The van der Waals surface area contributed by atoms with E-state index < -0.39 is 0 Å². The van der Waals surface area contributed by atoms with Crippen LogP contribution in [0.25, 0.3) is 0 Å². The van der Waals surface area contributed by atoms with E-state index in [4.69, 9.17) is 10.5 Å². The normalized spacial score (nSPS) is 18.7. The van der Waals surface area contributed by atoms with Crippen molar-refractivity contribution < 1.29 is 4.74 Å². The Bertz CT molecular complexity index is 392. The summed E-state index contributed by atoms with van der Waals surface area (Å²) in [5, 5.41) is 0. The molecule has 0 saturated heterocycles. The summed E-state index contributed by atoms with van der Waals surface area (Å²) in [6.45, 7) is 7.97. The van der Waals surface area contributed by atoms with Gasteiger partial charge in [0.05, 0.1) is 6.61 Å². The molecule has 0 aliphatic carbocycles. The lowest BCUT2D eigenvalue weighted by Gasteiger charge is -2.34. The lowest BCUT2D eigenvalue weighted by atomic mass is 9.98. The van der Waals surface area contributed by atoms with Crippen LogP contribution in [0, 0.1) is 5.92 Å². The molecule has 2 N–H and O–H groups in total. The molecule has 3 heteroatoms. The quantitative estimate of drug-likeness (QED) is 0.800. The van der Waals surface area contributed by atoms with E-state index in [0.717, 1.165) is 39.1 Å². The van der Waals surface area contributed by atoms with Gasteiger partial charge in [0.1, 0.15) is 0 Å². The van der Waals surface area contributed by atoms with E-state index in [1.54, 1.807) is 0 Å². The van der Waals surface area contributed by atoms with Gasteiger partial charge in [0.15, 0.2) is 0 Å². The van der Waals surface area contributed by atoms with Crippen LogP contribution in [0.15, 0.2) is 24.3 Å². The van der Waals surface area contributed by atoms with Gasteiger partial charge in [0.25, 0.3) is 0 Å². The molecule has 1 aliphatic rings. The molecular formula is C16H26N2O. The highest BCUT2D eigenvalue weighted by atomic mass is 16.5. The zero-order valence-corrected chi connectivity index (χ0v) is 12.1. The second-order valence-corrected chi connectivity index (χ2v) is 5.83. The molecule has 0 bridgehead atoms. The summed E-state index contributed by atoms with van der Waals surface area (Å²) in [4.78, 5) is 2.36. The van der Waals surface area contributed by atoms with E-state index >= 15 is 0 Å². The third-order valence-corrected chi connectivity index (χ3v) is 3.61. The molecule has 1 atom stereocenters. The molecule has 0 aromatic heterocycles. The lowest BCUT2D eigenvalue weighted by molar-refractivity contribution is 0.129. The van der Waals surface area contributed by atoms with Crippen molar-refractivity contribution in [1.82, 2.24) is 0 Å². The molecule has 0 saturated carbocycles. The number of nitrogens with zero attached hydrogens (tertiary/aromatic N) is 1. The fourth-order valence-electron chi connectivity index (χ4n) is 2.53. The van der Waals surface area contributed by atoms with Crippen LogP contribution in [-0.4, -0.2) is 32.3 Å². The van der Waals surface area contributed by atoms with Crippen LogP contribution in [-0.2, 0) is 11.2 Å². The highest BCUT2D eigenvalue weighted by Crippen LogP contribution is 2.25. The summed E-state index contributed by atoms with van der Waals surface area (Å²) in [5.74, 6) is 0.712. The Morgan fingerprint density at radius 3 is 2.89 bits per heavy atom. The minimum absolute atomic E-state index is 0.241. The average molecular weight is 262 g/mol. The molecule has 1 aromatic carbocycles. The zero-order valence-electron chi connectivity index (χ0n) is 12.1. The molecule has 1 unspecified atom stereocenters. The van der Waals surface area contributed by atoms with Gasteiger partial charge in [-0.1, -0.05) is 32.0 Å². The lowest BCUT2D eigenvalue weighted by Crippen LogP contribution is -2.44. The Labute approximate surface area is 116 Å². The first-order valence-corrected chi connectivity index (χ1v) is 7.33. The zero-order chi connectivity index (χ0) is 13.7. The van der Waals surface area contributed by atoms with Gasteiger partial charge < -0.3 is 15.4 Å². The summed E-state index contributed by atoms with van der Waals surface area (Å²) in [7, 11) is 0. The second-order valence-electron chi connectivity index (χ2n) is 5.83. The molecule has 0 radical (unpaired) electrons. The molecule has 106 valence electrons. The first-order valence-electron chi connectivity index (χ1n) is 7.33. The predicted octanol–water partition coefficient (Wildman–Crippen LogP) is 2.44. The Morgan fingerprint density at radius 1 is 1.32 bits per heavy atom. The van der Waals surface area contributed by atoms with E-state index in [-0.39, 0.29) is 6.04 Å². The van der Waals surface area contributed by atoms with E-state index in [0.29, 0.717) is 5.92 Å². The van der Waals surface area contributed by atoms with Crippen molar-refractivity contribution in [3.05, 3.63) is 29.8 Å². The monoisotopic (exact) mass is 262 g/mol. The van der Waals surface area contributed by atoms with E-state index in [1.807, 2.05) is 0 Å². The van der Waals surface area contributed by atoms with Gasteiger partial charge in [-0.2, -0.15) is 0 Å². The maximum atomic E-state index is 6.13. The van der Waals surface area contributed by atoms with Crippen LogP contribution in [0.1, 0.15) is 25.8 Å². The molecule has 0 spiro atoms. The number of benzene rings is 1. The number of hydrogen-bond acceptors (Lipinski definition) is 3. The van der Waals surface area contributed by atoms with E-state index in [2.05, 4.69) is 43.0 Å². The summed E-state index contributed by atoms with van der Waals surface area (Å²) >= 11 is 0. The predicted molar refractivity (Wildman–Crippen MR) is 80.6 cm³/mol.